The van der Waals surface area contributed by atoms with E-state index in [1.807, 2.05) is 0 Å². The third kappa shape index (κ3) is 4.50. The van der Waals surface area contributed by atoms with Gasteiger partial charge in [0.25, 0.3) is 0 Å². The Morgan fingerprint density at radius 3 is 1.17 bits per heavy atom. The van der Waals surface area contributed by atoms with Gasteiger partial charge < -0.3 is 0 Å². The molecule has 0 rings (SSSR count). The third-order valence-electron chi connectivity index (χ3n) is 1.70. The molecule has 0 aliphatic carbocycles. The van der Waals surface area contributed by atoms with Gasteiger partial charge in [-0.25, -0.2) is 0 Å². The Kier molecular flexibility index (Phi) is 4.97. The van der Waals surface area contributed by atoms with Gasteiger partial charge in [0.15, 0.2) is 0 Å². The van der Waals surface area contributed by atoms with E-state index >= 15 is 0 Å². The minimum absolute atomic E-state index is 0.239. The Labute approximate surface area is 93.6 Å². The molecule has 4 heteroatoms. The standard InChI is InChI=1S/C8H22IP3/c1-10(2)8(11(3)4)12(5,6,7)9/h8H,1-7H3. The molecule has 0 unspecified atom stereocenters. The van der Waals surface area contributed by atoms with E-state index in [9.17, 15) is 0 Å². The molecule has 0 aromatic rings. The Hall–Kier alpha value is 2.02. The summed E-state index contributed by atoms with van der Waals surface area (Å²) in [4.78, 5) is 0. The molecule has 0 amide bonds. The molecule has 0 saturated carbocycles. The predicted molar refractivity (Wildman–Crippen MR) is 80.0 cm³/mol. The summed E-state index contributed by atoms with van der Waals surface area (Å²) in [6, 6.07) is 0. The molecule has 0 heterocycles. The number of hydrogen-bond acceptors (Lipinski definition) is 0. The number of rotatable bonds is 3. The van der Waals surface area contributed by atoms with Gasteiger partial charge in [0.1, 0.15) is 0 Å². The molecular formula is C8H22IP3. The zero-order valence-electron chi connectivity index (χ0n) is 9.30. The van der Waals surface area contributed by atoms with Crippen LogP contribution in [0.4, 0.5) is 0 Å². The molecule has 0 aromatic heterocycles. The Bertz CT molecular complexity index is 140. The molecule has 0 atom stereocenters. The van der Waals surface area contributed by atoms with Crippen molar-refractivity contribution >= 4 is 42.1 Å². The van der Waals surface area contributed by atoms with E-state index in [1.54, 1.807) is 0 Å². The van der Waals surface area contributed by atoms with E-state index in [4.69, 9.17) is 0 Å². The Balaban J connectivity index is 4.77. The van der Waals surface area contributed by atoms with Crippen LogP contribution in [0.5, 0.6) is 0 Å². The maximum atomic E-state index is 2.77. The quantitative estimate of drug-likeness (QED) is 0.523. The zero-order valence-corrected chi connectivity index (χ0v) is 14.1. The fourth-order valence-electron chi connectivity index (χ4n) is 2.02. The first kappa shape index (κ1) is 14.0. The van der Waals surface area contributed by atoms with Crippen molar-refractivity contribution < 1.29 is 0 Å². The van der Waals surface area contributed by atoms with Gasteiger partial charge in [-0.15, -0.1) is 0 Å². The van der Waals surface area contributed by atoms with Gasteiger partial charge in [-0.3, -0.25) is 0 Å². The van der Waals surface area contributed by atoms with E-state index in [-0.39, 0.29) is 15.8 Å². The van der Waals surface area contributed by atoms with Gasteiger partial charge in [0.05, 0.1) is 0 Å². The van der Waals surface area contributed by atoms with Crippen LogP contribution in [0, 0.1) is 0 Å². The summed E-state index contributed by atoms with van der Waals surface area (Å²) >= 11 is 2.77. The molecule has 0 nitrogen and oxygen atoms in total. The van der Waals surface area contributed by atoms with Crippen LogP contribution in [0.25, 0.3) is 0 Å². The van der Waals surface area contributed by atoms with Gasteiger partial charge in [-0.1, -0.05) is 0 Å². The summed E-state index contributed by atoms with van der Waals surface area (Å²) in [5.41, 5.74) is 0. The topological polar surface area (TPSA) is 0 Å². The molecule has 0 N–H and O–H groups in total. The molecule has 0 spiro atoms. The van der Waals surface area contributed by atoms with Crippen LogP contribution in [0.3, 0.4) is 0 Å². The first-order valence-electron chi connectivity index (χ1n) is 4.07. The second-order valence-corrected chi connectivity index (χ2v) is 27.4. The molecule has 0 saturated heterocycles. The van der Waals surface area contributed by atoms with Crippen LogP contribution in [-0.4, -0.2) is 51.8 Å². The second kappa shape index (κ2) is 4.26. The summed E-state index contributed by atoms with van der Waals surface area (Å²) in [5, 5.41) is 1.03. The van der Waals surface area contributed by atoms with Crippen molar-refractivity contribution in [3.63, 3.8) is 0 Å². The van der Waals surface area contributed by atoms with Crippen LogP contribution in [0.2, 0.25) is 0 Å². The van der Waals surface area contributed by atoms with Gasteiger partial charge >= 0.3 is 93.9 Å². The molecule has 0 aliphatic rings. The van der Waals surface area contributed by atoms with Crippen molar-refractivity contribution in [3.05, 3.63) is 0 Å². The van der Waals surface area contributed by atoms with E-state index in [1.165, 1.54) is 0 Å². The molecule has 0 bridgehead atoms. The predicted octanol–water partition coefficient (Wildman–Crippen LogP) is 4.55. The molecule has 0 radical (unpaired) electrons. The molecule has 12 heavy (non-hydrogen) atoms. The normalized spacial score (nSPS) is 17.1. The summed E-state index contributed by atoms with van der Waals surface area (Å²) in [5.74, 6) is 0. The second-order valence-electron chi connectivity index (χ2n) is 4.99. The first-order chi connectivity index (χ1) is 5.02. The minimum atomic E-state index is -1.35. The van der Waals surface area contributed by atoms with Crippen LogP contribution in [0.15, 0.2) is 0 Å². The number of hydrogen-bond donors (Lipinski definition) is 0. The third-order valence-corrected chi connectivity index (χ3v) is 19.8. The Morgan fingerprint density at radius 1 is 0.917 bits per heavy atom. The van der Waals surface area contributed by atoms with Crippen LogP contribution in [0.1, 0.15) is 0 Å². The van der Waals surface area contributed by atoms with Crippen molar-refractivity contribution in [2.24, 2.45) is 0 Å². The van der Waals surface area contributed by atoms with Gasteiger partial charge in [0, 0.05) is 0 Å². The molecule has 0 aromatic carbocycles. The summed E-state index contributed by atoms with van der Waals surface area (Å²) in [7, 11) is 0.479. The van der Waals surface area contributed by atoms with Crippen molar-refractivity contribution in [1.82, 2.24) is 0 Å². The SMILES string of the molecule is CP(C)C(P(C)C)P(C)(C)(C)I. The fraction of sp³-hybridized carbons (Fsp3) is 1.00. The Morgan fingerprint density at radius 2 is 1.17 bits per heavy atom. The van der Waals surface area contributed by atoms with E-state index in [2.05, 4.69) is 68.7 Å². The molecule has 0 aliphatic heterocycles. The average Bonchev–Trinajstić information content (AvgIpc) is 1.51. The maximum absolute atomic E-state index is 2.77. The summed E-state index contributed by atoms with van der Waals surface area (Å²) in [6.07, 6.45) is 0. The van der Waals surface area contributed by atoms with E-state index in [0.717, 1.165) is 5.14 Å². The molecule has 76 valence electrons. The zero-order chi connectivity index (χ0) is 10.2. The van der Waals surface area contributed by atoms with E-state index < -0.39 is 4.25 Å². The van der Waals surface area contributed by atoms with Crippen LogP contribution in [-0.2, 0) is 0 Å². The van der Waals surface area contributed by atoms with Crippen molar-refractivity contribution in [3.8, 4) is 0 Å². The van der Waals surface area contributed by atoms with Crippen molar-refractivity contribution in [1.29, 1.82) is 0 Å². The first-order valence-corrected chi connectivity index (χ1v) is 15.1. The monoisotopic (exact) mass is 338 g/mol. The van der Waals surface area contributed by atoms with Gasteiger partial charge in [0.2, 0.25) is 0 Å². The molecular weight excluding hydrogens is 316 g/mol. The van der Waals surface area contributed by atoms with Crippen LogP contribution >= 0.6 is 42.1 Å². The van der Waals surface area contributed by atoms with Crippen molar-refractivity contribution in [2.75, 3.05) is 46.7 Å². The summed E-state index contributed by atoms with van der Waals surface area (Å²) < 4.78 is -1.35. The van der Waals surface area contributed by atoms with Crippen molar-refractivity contribution in [2.45, 2.75) is 5.14 Å². The fourth-order valence-corrected chi connectivity index (χ4v) is 27.2. The number of halogens is 1. The van der Waals surface area contributed by atoms with E-state index in [0.29, 0.717) is 0 Å². The average molecular weight is 338 g/mol. The van der Waals surface area contributed by atoms with Crippen LogP contribution < -0.4 is 0 Å². The molecule has 0 fully saturated rings. The van der Waals surface area contributed by atoms with Gasteiger partial charge in [-0.05, 0) is 0 Å². The van der Waals surface area contributed by atoms with Gasteiger partial charge in [-0.2, -0.15) is 0 Å². The summed E-state index contributed by atoms with van der Waals surface area (Å²) in [6.45, 7) is 17.3.